The van der Waals surface area contributed by atoms with Crippen molar-refractivity contribution < 1.29 is 9.53 Å². The Morgan fingerprint density at radius 2 is 1.68 bits per heavy atom. The maximum atomic E-state index is 13.3. The van der Waals surface area contributed by atoms with Crippen molar-refractivity contribution in [1.82, 2.24) is 14.8 Å². The summed E-state index contributed by atoms with van der Waals surface area (Å²) < 4.78 is 6.14. The van der Waals surface area contributed by atoms with Gasteiger partial charge in [0.2, 0.25) is 0 Å². The van der Waals surface area contributed by atoms with Crippen LogP contribution in [0.2, 0.25) is 10.0 Å². The molecule has 0 aliphatic carbocycles. The zero-order valence-electron chi connectivity index (χ0n) is 21.0. The van der Waals surface area contributed by atoms with Crippen LogP contribution in [0.1, 0.15) is 54.6 Å². The molecular weight excluding hydrogens is 507 g/mol. The van der Waals surface area contributed by atoms with Crippen molar-refractivity contribution >= 4 is 34.9 Å². The Kier molecular flexibility index (Phi) is 7.89. The number of benzene rings is 2. The number of piperidine rings is 1. The number of carbonyl (C=O) groups is 1. The minimum absolute atomic E-state index is 0.0728. The van der Waals surface area contributed by atoms with Crippen molar-refractivity contribution in [3.05, 3.63) is 75.9 Å². The number of pyridine rings is 1. The standard InChI is InChI=1S/C29H32Cl2N4O2/c1-19(27-24(30)8-5-9-25(27)31)37-26-17-22(18-33-28(26)32)20-6-4-7-21(16-20)29(36)35-14-10-23(11-15-35)34-12-2-3-13-34/h4-9,16-19,23H,2-3,10-15H2,1H3,(H2,32,33). The van der Waals surface area contributed by atoms with E-state index < -0.39 is 6.10 Å². The van der Waals surface area contributed by atoms with Crippen molar-refractivity contribution in [1.29, 1.82) is 0 Å². The van der Waals surface area contributed by atoms with Gasteiger partial charge in [-0.05, 0) is 81.6 Å². The number of ether oxygens (including phenoxy) is 1. The van der Waals surface area contributed by atoms with Crippen LogP contribution < -0.4 is 10.5 Å². The van der Waals surface area contributed by atoms with E-state index in [1.54, 1.807) is 24.4 Å². The Morgan fingerprint density at radius 3 is 2.38 bits per heavy atom. The number of halogens is 2. The van der Waals surface area contributed by atoms with E-state index in [9.17, 15) is 4.79 Å². The molecule has 0 bridgehead atoms. The molecular formula is C29H32Cl2N4O2. The first kappa shape index (κ1) is 25.8. The average Bonchev–Trinajstić information content (AvgIpc) is 3.45. The number of nitrogen functional groups attached to an aromatic ring is 1. The van der Waals surface area contributed by atoms with E-state index in [2.05, 4.69) is 9.88 Å². The lowest BCUT2D eigenvalue weighted by molar-refractivity contribution is 0.0644. The Hall–Kier alpha value is -2.80. The maximum Gasteiger partial charge on any atom is 0.253 e. The smallest absolute Gasteiger partial charge is 0.253 e. The number of carbonyl (C=O) groups excluding carboxylic acids is 1. The summed E-state index contributed by atoms with van der Waals surface area (Å²) >= 11 is 12.7. The number of aromatic nitrogens is 1. The summed E-state index contributed by atoms with van der Waals surface area (Å²) in [5.74, 6) is 0.775. The molecule has 1 unspecified atom stereocenters. The zero-order valence-corrected chi connectivity index (χ0v) is 22.5. The third kappa shape index (κ3) is 5.71. The van der Waals surface area contributed by atoms with Gasteiger partial charge in [0, 0.05) is 52.1 Å². The fraction of sp³-hybridized carbons (Fsp3) is 0.379. The van der Waals surface area contributed by atoms with Crippen molar-refractivity contribution in [2.45, 2.75) is 44.8 Å². The van der Waals surface area contributed by atoms with Crippen molar-refractivity contribution in [2.75, 3.05) is 31.9 Å². The number of nitrogens with zero attached hydrogens (tertiary/aromatic N) is 3. The normalized spacial score (nSPS) is 17.6. The van der Waals surface area contributed by atoms with Crippen LogP contribution in [0.5, 0.6) is 5.75 Å². The van der Waals surface area contributed by atoms with Crippen LogP contribution in [-0.2, 0) is 0 Å². The molecule has 8 heteroatoms. The Balaban J connectivity index is 1.30. The molecule has 2 aliphatic heterocycles. The lowest BCUT2D eigenvalue weighted by Gasteiger charge is -2.36. The predicted octanol–water partition coefficient (Wildman–Crippen LogP) is 6.48. The molecule has 2 aliphatic rings. The number of amides is 1. The summed E-state index contributed by atoms with van der Waals surface area (Å²) in [6.45, 7) is 5.87. The number of likely N-dealkylation sites (tertiary alicyclic amines) is 2. The van der Waals surface area contributed by atoms with Gasteiger partial charge in [-0.2, -0.15) is 0 Å². The minimum atomic E-state index is -0.433. The largest absolute Gasteiger partial charge is 0.482 e. The molecule has 37 heavy (non-hydrogen) atoms. The van der Waals surface area contributed by atoms with E-state index in [-0.39, 0.29) is 11.7 Å². The van der Waals surface area contributed by atoms with Gasteiger partial charge >= 0.3 is 0 Å². The highest BCUT2D eigenvalue weighted by Crippen LogP contribution is 2.36. The van der Waals surface area contributed by atoms with Crippen molar-refractivity contribution in [2.24, 2.45) is 0 Å². The maximum absolute atomic E-state index is 13.3. The van der Waals surface area contributed by atoms with Gasteiger partial charge in [-0.1, -0.05) is 41.4 Å². The summed E-state index contributed by atoms with van der Waals surface area (Å²) in [7, 11) is 0. The van der Waals surface area contributed by atoms with Crippen molar-refractivity contribution in [3.63, 3.8) is 0 Å². The quantitative estimate of drug-likeness (QED) is 0.388. The van der Waals surface area contributed by atoms with Crippen LogP contribution >= 0.6 is 23.2 Å². The molecule has 2 N–H and O–H groups in total. The van der Waals surface area contributed by atoms with E-state index >= 15 is 0 Å². The molecule has 2 fully saturated rings. The van der Waals surface area contributed by atoms with Gasteiger partial charge in [-0.3, -0.25) is 4.79 Å². The second-order valence-electron chi connectivity index (χ2n) is 9.85. The van der Waals surface area contributed by atoms with Gasteiger partial charge in [-0.25, -0.2) is 4.98 Å². The first-order chi connectivity index (χ1) is 17.9. The van der Waals surface area contributed by atoms with Gasteiger partial charge < -0.3 is 20.3 Å². The minimum Gasteiger partial charge on any atom is -0.482 e. The Bertz CT molecular complexity index is 1250. The molecule has 1 aromatic heterocycles. The number of hydrogen-bond acceptors (Lipinski definition) is 5. The Morgan fingerprint density at radius 1 is 1.00 bits per heavy atom. The van der Waals surface area contributed by atoms with E-state index in [4.69, 9.17) is 33.7 Å². The number of anilines is 1. The third-order valence-corrected chi connectivity index (χ3v) is 8.10. The van der Waals surface area contributed by atoms with Crippen LogP contribution in [0, 0.1) is 0 Å². The summed E-state index contributed by atoms with van der Waals surface area (Å²) in [6, 6.07) is 15.5. The molecule has 2 aromatic carbocycles. The second kappa shape index (κ2) is 11.3. The molecule has 2 saturated heterocycles. The summed E-state index contributed by atoms with van der Waals surface area (Å²) in [6.07, 6.45) is 5.94. The van der Waals surface area contributed by atoms with E-state index in [1.807, 2.05) is 42.2 Å². The first-order valence-corrected chi connectivity index (χ1v) is 13.7. The molecule has 0 spiro atoms. The number of rotatable bonds is 6. The van der Waals surface area contributed by atoms with E-state index in [0.717, 1.165) is 37.1 Å². The SMILES string of the molecule is CC(Oc1cc(-c2cccc(C(=O)N3CCC(N4CCCC4)CC3)c2)cnc1N)c1c(Cl)cccc1Cl. The molecule has 1 atom stereocenters. The van der Waals surface area contributed by atoms with Gasteiger partial charge in [-0.15, -0.1) is 0 Å². The molecule has 0 radical (unpaired) electrons. The summed E-state index contributed by atoms with van der Waals surface area (Å²) in [4.78, 5) is 22.2. The second-order valence-corrected chi connectivity index (χ2v) is 10.7. The van der Waals surface area contributed by atoms with Crippen LogP contribution in [0.25, 0.3) is 11.1 Å². The van der Waals surface area contributed by atoms with Gasteiger partial charge in [0.05, 0.1) is 0 Å². The highest BCUT2D eigenvalue weighted by atomic mass is 35.5. The molecule has 5 rings (SSSR count). The number of hydrogen-bond donors (Lipinski definition) is 1. The monoisotopic (exact) mass is 538 g/mol. The summed E-state index contributed by atoms with van der Waals surface area (Å²) in [5, 5.41) is 1.05. The molecule has 6 nitrogen and oxygen atoms in total. The molecule has 1 amide bonds. The zero-order chi connectivity index (χ0) is 25.9. The van der Waals surface area contributed by atoms with Crippen LogP contribution in [0.15, 0.2) is 54.7 Å². The summed E-state index contributed by atoms with van der Waals surface area (Å²) in [5.41, 5.74) is 9.18. The predicted molar refractivity (Wildman–Crippen MR) is 149 cm³/mol. The van der Waals surface area contributed by atoms with E-state index in [1.165, 1.54) is 25.9 Å². The lowest BCUT2D eigenvalue weighted by atomic mass is 10.0. The lowest BCUT2D eigenvalue weighted by Crippen LogP contribution is -2.45. The van der Waals surface area contributed by atoms with Gasteiger partial charge in [0.15, 0.2) is 11.6 Å². The third-order valence-electron chi connectivity index (χ3n) is 7.44. The van der Waals surface area contributed by atoms with Gasteiger partial charge in [0.25, 0.3) is 5.91 Å². The molecule has 0 saturated carbocycles. The molecule has 3 aromatic rings. The average molecular weight is 540 g/mol. The van der Waals surface area contributed by atoms with Crippen molar-refractivity contribution in [3.8, 4) is 16.9 Å². The molecule has 3 heterocycles. The van der Waals surface area contributed by atoms with Gasteiger partial charge in [0.1, 0.15) is 6.10 Å². The highest BCUT2D eigenvalue weighted by molar-refractivity contribution is 6.36. The fourth-order valence-electron chi connectivity index (χ4n) is 5.41. The fourth-order valence-corrected chi connectivity index (χ4v) is 6.12. The van der Waals surface area contributed by atoms with Crippen LogP contribution in [-0.4, -0.2) is 52.9 Å². The Labute approximate surface area is 228 Å². The first-order valence-electron chi connectivity index (χ1n) is 12.9. The van der Waals surface area contributed by atoms with Crippen LogP contribution in [0.4, 0.5) is 5.82 Å². The topological polar surface area (TPSA) is 71.7 Å². The number of nitrogens with two attached hydrogens (primary N) is 1. The molecule has 194 valence electrons. The van der Waals surface area contributed by atoms with Crippen LogP contribution in [0.3, 0.4) is 0 Å². The van der Waals surface area contributed by atoms with E-state index in [0.29, 0.717) is 33.0 Å². The highest BCUT2D eigenvalue weighted by Gasteiger charge is 2.28.